The number of carbonyl (C=O) groups excluding carboxylic acids is 3. The third kappa shape index (κ3) is 33.6. The van der Waals surface area contributed by atoms with E-state index in [2.05, 4.69) is 20.8 Å². The molecule has 0 spiro atoms. The Morgan fingerprint density at radius 3 is 0.889 bits per heavy atom. The Morgan fingerprint density at radius 2 is 0.600 bits per heavy atom. The van der Waals surface area contributed by atoms with Gasteiger partial charge in [-0.25, -0.2) is 0 Å². The Kier molecular flexibility index (Phi) is 34.0. The smallest absolute Gasteiger partial charge is 0.306 e. The highest BCUT2D eigenvalue weighted by molar-refractivity contribution is 5.71. The average molecular weight is 639 g/mol. The van der Waals surface area contributed by atoms with Crippen molar-refractivity contribution in [3.63, 3.8) is 0 Å². The molecule has 0 aliphatic rings. The minimum Gasteiger partial charge on any atom is -0.462 e. The number of unbranched alkanes of at least 4 members (excludes halogenated alkanes) is 24. The van der Waals surface area contributed by atoms with Crippen LogP contribution < -0.4 is 0 Å². The quantitative estimate of drug-likeness (QED) is 0.0390. The number of hydrogen-bond donors (Lipinski definition) is 0. The van der Waals surface area contributed by atoms with E-state index in [0.717, 1.165) is 57.8 Å². The van der Waals surface area contributed by atoms with E-state index in [-0.39, 0.29) is 31.1 Å². The van der Waals surface area contributed by atoms with Gasteiger partial charge in [0.2, 0.25) is 0 Å². The van der Waals surface area contributed by atoms with Gasteiger partial charge in [0.05, 0.1) is 0 Å². The Morgan fingerprint density at radius 1 is 0.356 bits per heavy atom. The highest BCUT2D eigenvalue weighted by Gasteiger charge is 2.19. The van der Waals surface area contributed by atoms with Crippen LogP contribution in [-0.2, 0) is 28.6 Å². The first-order valence-corrected chi connectivity index (χ1v) is 19.5. The van der Waals surface area contributed by atoms with Crippen LogP contribution in [0.15, 0.2) is 0 Å². The minimum atomic E-state index is -0.754. The van der Waals surface area contributed by atoms with Crippen LogP contribution in [0.25, 0.3) is 0 Å². The molecule has 45 heavy (non-hydrogen) atoms. The van der Waals surface area contributed by atoms with Gasteiger partial charge in [-0.3, -0.25) is 14.4 Å². The first kappa shape index (κ1) is 43.4. The molecule has 0 aromatic carbocycles. The van der Waals surface area contributed by atoms with Crippen LogP contribution in [0, 0.1) is 0 Å². The van der Waals surface area contributed by atoms with Crippen molar-refractivity contribution in [3.05, 3.63) is 0 Å². The van der Waals surface area contributed by atoms with E-state index in [4.69, 9.17) is 14.2 Å². The highest BCUT2D eigenvalue weighted by Crippen LogP contribution is 2.14. The molecule has 0 amide bonds. The lowest BCUT2D eigenvalue weighted by Crippen LogP contribution is -2.30. The molecule has 0 unspecified atom stereocenters. The molecule has 0 fully saturated rings. The summed E-state index contributed by atoms with van der Waals surface area (Å²) < 4.78 is 16.5. The Labute approximate surface area is 278 Å². The van der Waals surface area contributed by atoms with Gasteiger partial charge < -0.3 is 14.2 Å². The summed E-state index contributed by atoms with van der Waals surface area (Å²) in [4.78, 5) is 37.3. The van der Waals surface area contributed by atoms with E-state index in [1.54, 1.807) is 0 Å². The lowest BCUT2D eigenvalue weighted by molar-refractivity contribution is -0.167. The molecule has 1 atom stereocenters. The number of hydrogen-bond acceptors (Lipinski definition) is 6. The van der Waals surface area contributed by atoms with Gasteiger partial charge in [0.15, 0.2) is 6.10 Å². The molecule has 0 aliphatic carbocycles. The summed E-state index contributed by atoms with van der Waals surface area (Å²) in [5.74, 6) is -0.872. The summed E-state index contributed by atoms with van der Waals surface area (Å²) in [6.45, 7) is 6.56. The monoisotopic (exact) mass is 639 g/mol. The van der Waals surface area contributed by atoms with E-state index in [1.807, 2.05) is 0 Å². The first-order chi connectivity index (χ1) is 22.0. The molecule has 266 valence electrons. The molecule has 6 nitrogen and oxygen atoms in total. The second kappa shape index (κ2) is 35.3. The van der Waals surface area contributed by atoms with E-state index in [1.165, 1.54) is 116 Å². The zero-order valence-electron chi connectivity index (χ0n) is 30.2. The fourth-order valence-corrected chi connectivity index (χ4v) is 5.62. The SMILES string of the molecule is CCCCCCCCCCCCCC(=O)OC[C@@H](COC(=O)CCCCCCCCC)OC(=O)CCCCCCCCCCC. The molecule has 0 radical (unpaired) electrons. The van der Waals surface area contributed by atoms with Gasteiger partial charge in [-0.1, -0.05) is 175 Å². The van der Waals surface area contributed by atoms with Gasteiger partial charge in [0.1, 0.15) is 13.2 Å². The topological polar surface area (TPSA) is 78.9 Å². The standard InChI is InChI=1S/C39H74O6/c1-4-7-10-13-16-18-19-21-23-26-29-32-38(41)44-35-36(34-43-37(40)31-28-25-22-15-12-9-6-3)45-39(42)33-30-27-24-20-17-14-11-8-5-2/h36H,4-35H2,1-3H3/t36-/m1/s1. The Bertz CT molecular complexity index is 664. The fourth-order valence-electron chi connectivity index (χ4n) is 5.62. The minimum absolute atomic E-state index is 0.0644. The van der Waals surface area contributed by atoms with E-state index in [0.29, 0.717) is 19.3 Å². The summed E-state index contributed by atoms with van der Waals surface area (Å²) in [5, 5.41) is 0. The van der Waals surface area contributed by atoms with Gasteiger partial charge >= 0.3 is 17.9 Å². The predicted molar refractivity (Wildman–Crippen MR) is 187 cm³/mol. The average Bonchev–Trinajstić information content (AvgIpc) is 3.03. The third-order valence-electron chi connectivity index (χ3n) is 8.61. The van der Waals surface area contributed by atoms with Crippen molar-refractivity contribution in [1.29, 1.82) is 0 Å². The fraction of sp³-hybridized carbons (Fsp3) is 0.923. The Balaban J connectivity index is 4.31. The van der Waals surface area contributed by atoms with Gasteiger partial charge in [-0.2, -0.15) is 0 Å². The molecule has 6 heteroatoms. The third-order valence-corrected chi connectivity index (χ3v) is 8.61. The van der Waals surface area contributed by atoms with Crippen molar-refractivity contribution in [2.45, 2.75) is 219 Å². The molecular weight excluding hydrogens is 564 g/mol. The van der Waals surface area contributed by atoms with Gasteiger partial charge in [0.25, 0.3) is 0 Å². The van der Waals surface area contributed by atoms with Crippen molar-refractivity contribution in [2.24, 2.45) is 0 Å². The molecule has 0 aromatic rings. The van der Waals surface area contributed by atoms with Crippen LogP contribution in [0.3, 0.4) is 0 Å². The summed E-state index contributed by atoms with van der Waals surface area (Å²) >= 11 is 0. The molecule has 0 aromatic heterocycles. The van der Waals surface area contributed by atoms with Crippen molar-refractivity contribution < 1.29 is 28.6 Å². The molecule has 0 heterocycles. The molecule has 0 rings (SSSR count). The summed E-state index contributed by atoms with van der Waals surface area (Å²) in [5.41, 5.74) is 0. The van der Waals surface area contributed by atoms with E-state index in [9.17, 15) is 14.4 Å². The molecule has 0 saturated carbocycles. The van der Waals surface area contributed by atoms with Gasteiger partial charge in [-0.05, 0) is 19.3 Å². The summed E-state index contributed by atoms with van der Waals surface area (Å²) in [6.07, 6.45) is 32.4. The summed E-state index contributed by atoms with van der Waals surface area (Å²) in [7, 11) is 0. The second-order valence-electron chi connectivity index (χ2n) is 13.2. The lowest BCUT2D eigenvalue weighted by Gasteiger charge is -2.18. The maximum Gasteiger partial charge on any atom is 0.306 e. The van der Waals surface area contributed by atoms with Crippen LogP contribution in [0.1, 0.15) is 213 Å². The molecule has 0 saturated heterocycles. The van der Waals surface area contributed by atoms with Crippen molar-refractivity contribution in [3.8, 4) is 0 Å². The lowest BCUT2D eigenvalue weighted by atomic mass is 10.1. The maximum atomic E-state index is 12.6. The van der Waals surface area contributed by atoms with Crippen LogP contribution in [0.2, 0.25) is 0 Å². The Hall–Kier alpha value is -1.59. The number of rotatable bonds is 35. The van der Waals surface area contributed by atoms with Crippen LogP contribution in [0.4, 0.5) is 0 Å². The van der Waals surface area contributed by atoms with Crippen molar-refractivity contribution in [1.82, 2.24) is 0 Å². The van der Waals surface area contributed by atoms with Gasteiger partial charge in [-0.15, -0.1) is 0 Å². The van der Waals surface area contributed by atoms with E-state index >= 15 is 0 Å². The molecular formula is C39H74O6. The zero-order chi connectivity index (χ0) is 33.1. The zero-order valence-corrected chi connectivity index (χ0v) is 30.2. The van der Waals surface area contributed by atoms with Crippen LogP contribution >= 0.6 is 0 Å². The highest BCUT2D eigenvalue weighted by atomic mass is 16.6. The number of ether oxygens (including phenoxy) is 3. The number of carbonyl (C=O) groups is 3. The molecule has 0 aliphatic heterocycles. The summed E-state index contributed by atoms with van der Waals surface area (Å²) in [6, 6.07) is 0. The second-order valence-corrected chi connectivity index (χ2v) is 13.2. The number of esters is 3. The van der Waals surface area contributed by atoms with Crippen LogP contribution in [-0.4, -0.2) is 37.2 Å². The van der Waals surface area contributed by atoms with Gasteiger partial charge in [0, 0.05) is 19.3 Å². The van der Waals surface area contributed by atoms with E-state index < -0.39 is 6.10 Å². The molecule has 0 bridgehead atoms. The first-order valence-electron chi connectivity index (χ1n) is 19.5. The largest absolute Gasteiger partial charge is 0.462 e. The maximum absolute atomic E-state index is 12.6. The molecule has 0 N–H and O–H groups in total. The predicted octanol–water partition coefficient (Wildman–Crippen LogP) is 11.7. The van der Waals surface area contributed by atoms with Crippen molar-refractivity contribution in [2.75, 3.05) is 13.2 Å². The van der Waals surface area contributed by atoms with Crippen LogP contribution in [0.5, 0.6) is 0 Å². The van der Waals surface area contributed by atoms with Crippen molar-refractivity contribution >= 4 is 17.9 Å². The normalized spacial score (nSPS) is 11.8.